The SMILES string of the molecule is C[C@@H](c1cc2ccc(F)cc2nc1-c1cccc(F)c1)N1C(=O)c2ccccc2C1=O.C[C@@H](c1cc2ccc(F)cc2nc1Cl)N1C(=O)c2ccccc2C1=O.C[C@H](NC(=O)c1ccccc1C(=O)O)c1cc2ccc(F)cc2nc1-c1cccc(F)c1. The molecule has 13 rings (SSSR count). The normalized spacial score (nSPS) is 13.6. The van der Waals surface area contributed by atoms with Crippen LogP contribution in [0.2, 0.25) is 5.15 Å². The highest BCUT2D eigenvalue weighted by atomic mass is 35.5. The summed E-state index contributed by atoms with van der Waals surface area (Å²) in [5.41, 5.74) is 5.99. The number of aromatic carboxylic acids is 1. The average molecular weight is 1200 g/mol. The Kier molecular flexibility index (Phi) is 16.2. The first-order chi connectivity index (χ1) is 42.2. The number of carboxylic acids is 1. The summed E-state index contributed by atoms with van der Waals surface area (Å²) in [6.07, 6.45) is 0. The Hall–Kier alpha value is -10.9. The number of nitrogens with one attached hydrogen (secondary N) is 1. The number of carbonyl (C=O) groups is 6. The summed E-state index contributed by atoms with van der Waals surface area (Å²) in [7, 11) is 0. The molecule has 0 radical (unpaired) electrons. The number of hydrogen-bond donors (Lipinski definition) is 2. The molecule has 5 amide bonds. The van der Waals surface area contributed by atoms with Gasteiger partial charge in [-0.15, -0.1) is 0 Å². The zero-order valence-corrected chi connectivity index (χ0v) is 47.4. The van der Waals surface area contributed by atoms with Crippen LogP contribution in [0, 0.1) is 29.1 Å². The van der Waals surface area contributed by atoms with Crippen LogP contribution in [0.3, 0.4) is 0 Å². The van der Waals surface area contributed by atoms with E-state index in [1.165, 1.54) is 94.7 Å². The fourth-order valence-electron chi connectivity index (χ4n) is 10.7. The van der Waals surface area contributed by atoms with Gasteiger partial charge >= 0.3 is 5.97 Å². The summed E-state index contributed by atoms with van der Waals surface area (Å²) in [6.45, 7) is 5.17. The highest BCUT2D eigenvalue weighted by Crippen LogP contribution is 2.39. The molecule has 0 aliphatic carbocycles. The Morgan fingerprint density at radius 1 is 0.432 bits per heavy atom. The molecule has 436 valence electrons. The lowest BCUT2D eigenvalue weighted by Gasteiger charge is -2.25. The number of rotatable bonds is 10. The van der Waals surface area contributed by atoms with E-state index in [9.17, 15) is 55.8 Å². The van der Waals surface area contributed by atoms with Crippen molar-refractivity contribution in [2.45, 2.75) is 38.9 Å². The summed E-state index contributed by atoms with van der Waals surface area (Å²) < 4.78 is 68.8. The van der Waals surface area contributed by atoms with Gasteiger partial charge in [0.25, 0.3) is 29.5 Å². The van der Waals surface area contributed by atoms with E-state index in [0.29, 0.717) is 94.2 Å². The van der Waals surface area contributed by atoms with Gasteiger partial charge in [0.15, 0.2) is 0 Å². The quantitative estimate of drug-likeness (QED) is 0.0760. The van der Waals surface area contributed by atoms with Gasteiger partial charge in [0, 0.05) is 62.2 Å². The third kappa shape index (κ3) is 11.5. The molecule has 3 atom stereocenters. The van der Waals surface area contributed by atoms with Gasteiger partial charge in [0.2, 0.25) is 0 Å². The molecule has 3 aromatic heterocycles. The van der Waals surface area contributed by atoms with Gasteiger partial charge in [0.05, 0.1) is 79.4 Å². The van der Waals surface area contributed by atoms with E-state index in [2.05, 4.69) is 20.3 Å². The fraction of sp³-hybridized carbons (Fsp3) is 0.0870. The van der Waals surface area contributed by atoms with E-state index in [-0.39, 0.29) is 28.1 Å². The summed E-state index contributed by atoms with van der Waals surface area (Å²) in [6, 6.07) is 47.0. The summed E-state index contributed by atoms with van der Waals surface area (Å²) in [4.78, 5) is 91.3. The maximum absolute atomic E-state index is 14.0. The Labute approximate surface area is 503 Å². The lowest BCUT2D eigenvalue weighted by Crippen LogP contribution is -2.33. The molecule has 19 heteroatoms. The number of pyridine rings is 3. The molecule has 88 heavy (non-hydrogen) atoms. The summed E-state index contributed by atoms with van der Waals surface area (Å²) >= 11 is 6.25. The Morgan fingerprint density at radius 2 is 0.795 bits per heavy atom. The summed E-state index contributed by atoms with van der Waals surface area (Å²) in [5.74, 6) is -5.47. The number of carboxylic acid groups (broad SMARTS) is 1. The molecule has 8 aromatic carbocycles. The maximum atomic E-state index is 14.0. The standard InChI is InChI=1S/C25H18F2N2O3.C25H16F2N2O2.C19H12ClFN2O2/c1-14(28-24(30)19-7-2-3-8-20(19)25(31)32)21-12-15-9-10-18(27)13-22(15)29-23(21)16-5-4-6-17(26)11-16;1-14(29-24(30)19-7-2-3-8-20(19)25(29)31)21-12-15-9-10-18(27)13-22(15)28-23(21)16-5-4-6-17(26)11-16;1-10(23-18(24)13-4-2-3-5-14(13)19(23)25)15-8-11-6-7-12(21)9-16(11)22-17(15)20/h2-14H,1H3,(H,28,30)(H,31,32);2-14H,1H3;2-10H,1H3/t2*14-;10-/m000/s1. The van der Waals surface area contributed by atoms with Crippen molar-refractivity contribution in [1.29, 1.82) is 0 Å². The molecule has 11 aromatic rings. The fourth-order valence-corrected chi connectivity index (χ4v) is 11.0. The van der Waals surface area contributed by atoms with Gasteiger partial charge in [0.1, 0.15) is 34.2 Å². The number of aromatic nitrogens is 3. The van der Waals surface area contributed by atoms with Crippen molar-refractivity contribution in [2.75, 3.05) is 0 Å². The van der Waals surface area contributed by atoms with Crippen LogP contribution in [0.4, 0.5) is 22.0 Å². The number of halogens is 6. The number of imide groups is 2. The zero-order chi connectivity index (χ0) is 62.2. The minimum Gasteiger partial charge on any atom is -0.478 e. The second-order valence-corrected chi connectivity index (χ2v) is 21.1. The van der Waals surface area contributed by atoms with Gasteiger partial charge < -0.3 is 10.4 Å². The highest BCUT2D eigenvalue weighted by molar-refractivity contribution is 6.31. The molecule has 5 heterocycles. The van der Waals surface area contributed by atoms with Gasteiger partial charge in [-0.2, -0.15) is 0 Å². The molecular formula is C69H46ClF5N6O7. The maximum Gasteiger partial charge on any atom is 0.336 e. The third-order valence-corrected chi connectivity index (χ3v) is 15.4. The highest BCUT2D eigenvalue weighted by Gasteiger charge is 2.41. The lowest BCUT2D eigenvalue weighted by atomic mass is 9.97. The molecule has 0 saturated heterocycles. The Balaban J connectivity index is 0.000000137. The van der Waals surface area contributed by atoms with Crippen LogP contribution < -0.4 is 5.32 Å². The Morgan fingerprint density at radius 3 is 1.23 bits per heavy atom. The van der Waals surface area contributed by atoms with Crippen molar-refractivity contribution in [2.24, 2.45) is 0 Å². The van der Waals surface area contributed by atoms with Gasteiger partial charge in [-0.25, -0.2) is 41.7 Å². The third-order valence-electron chi connectivity index (χ3n) is 15.1. The minimum atomic E-state index is -1.21. The van der Waals surface area contributed by atoms with Crippen LogP contribution in [0.5, 0.6) is 0 Å². The number of carbonyl (C=O) groups excluding carboxylic acids is 5. The molecular weight excluding hydrogens is 1160 g/mol. The van der Waals surface area contributed by atoms with Crippen LogP contribution in [-0.2, 0) is 0 Å². The predicted molar refractivity (Wildman–Crippen MR) is 321 cm³/mol. The zero-order valence-electron chi connectivity index (χ0n) is 46.6. The van der Waals surface area contributed by atoms with Gasteiger partial charge in [-0.05, 0) is 136 Å². The minimum absolute atomic E-state index is 0.0231. The number of benzene rings is 8. The van der Waals surface area contributed by atoms with E-state index in [0.717, 1.165) is 0 Å². The first-order valence-corrected chi connectivity index (χ1v) is 27.7. The molecule has 13 nitrogen and oxygen atoms in total. The molecule has 0 bridgehead atoms. The lowest BCUT2D eigenvalue weighted by molar-refractivity contribution is 0.0579. The van der Waals surface area contributed by atoms with E-state index in [4.69, 9.17) is 11.6 Å². The summed E-state index contributed by atoms with van der Waals surface area (Å²) in [5, 5.41) is 14.3. The predicted octanol–water partition coefficient (Wildman–Crippen LogP) is 15.3. The second-order valence-electron chi connectivity index (χ2n) is 20.7. The van der Waals surface area contributed by atoms with E-state index < -0.39 is 70.9 Å². The van der Waals surface area contributed by atoms with Crippen LogP contribution in [0.25, 0.3) is 55.2 Å². The molecule has 0 saturated carbocycles. The Bertz CT molecular complexity index is 4650. The molecule has 0 unspecified atom stereocenters. The van der Waals surface area contributed by atoms with E-state index >= 15 is 0 Å². The molecule has 2 N–H and O–H groups in total. The first-order valence-electron chi connectivity index (χ1n) is 27.3. The van der Waals surface area contributed by atoms with E-state index in [1.54, 1.807) is 130 Å². The topological polar surface area (TPSA) is 180 Å². The number of amides is 5. The van der Waals surface area contributed by atoms with Crippen LogP contribution >= 0.6 is 11.6 Å². The molecule has 0 spiro atoms. The van der Waals surface area contributed by atoms with Crippen molar-refractivity contribution in [3.8, 4) is 22.5 Å². The second kappa shape index (κ2) is 24.3. The average Bonchev–Trinajstić information content (AvgIpc) is 1.55. The molecule has 0 fully saturated rings. The van der Waals surface area contributed by atoms with Crippen molar-refractivity contribution < 1.29 is 55.8 Å². The van der Waals surface area contributed by atoms with Crippen molar-refractivity contribution in [1.82, 2.24) is 30.1 Å². The van der Waals surface area contributed by atoms with E-state index in [1.807, 2.05) is 0 Å². The van der Waals surface area contributed by atoms with Crippen molar-refractivity contribution in [3.05, 3.63) is 278 Å². The van der Waals surface area contributed by atoms with Crippen LogP contribution in [-0.4, -0.2) is 65.4 Å². The monoisotopic (exact) mass is 1200 g/mol. The first kappa shape index (κ1) is 58.9. The largest absolute Gasteiger partial charge is 0.478 e. The van der Waals surface area contributed by atoms with Gasteiger partial charge in [-0.3, -0.25) is 33.8 Å². The van der Waals surface area contributed by atoms with Crippen LogP contribution in [0.1, 0.15) is 118 Å². The smallest absolute Gasteiger partial charge is 0.336 e. The van der Waals surface area contributed by atoms with Crippen molar-refractivity contribution in [3.63, 3.8) is 0 Å². The van der Waals surface area contributed by atoms with Crippen molar-refractivity contribution >= 4 is 79.8 Å². The number of hydrogen-bond acceptors (Lipinski definition) is 9. The molecule has 2 aliphatic rings. The molecule has 2 aliphatic heterocycles. The van der Waals surface area contributed by atoms with Crippen LogP contribution in [0.15, 0.2) is 194 Å². The van der Waals surface area contributed by atoms with Gasteiger partial charge in [-0.1, -0.05) is 72.3 Å². The number of nitrogens with zero attached hydrogens (tertiary/aromatic N) is 5. The number of fused-ring (bicyclic) bond motifs is 5.